The molecule has 1 N–H and O–H groups in total. The normalized spacial score (nSPS) is 20.6. The number of hydrogen-bond acceptors (Lipinski definition) is 2. The van der Waals surface area contributed by atoms with Gasteiger partial charge in [-0.1, -0.05) is 18.5 Å². The Morgan fingerprint density at radius 1 is 1.71 bits per heavy atom. The topological polar surface area (TPSA) is 55.1 Å². The number of rotatable bonds is 1. The molecule has 0 radical (unpaired) electrons. The van der Waals surface area contributed by atoms with Crippen LogP contribution in [0.1, 0.15) is 29.7 Å². The molecular formula is C9H11ClN2O2. The van der Waals surface area contributed by atoms with Crippen molar-refractivity contribution in [3.63, 3.8) is 0 Å². The largest absolute Gasteiger partial charge is 0.476 e. The van der Waals surface area contributed by atoms with E-state index in [1.54, 1.807) is 4.57 Å². The number of aromatic carboxylic acids is 1. The van der Waals surface area contributed by atoms with Crippen molar-refractivity contribution >= 4 is 17.6 Å². The molecule has 1 aromatic rings. The van der Waals surface area contributed by atoms with Gasteiger partial charge in [0.25, 0.3) is 0 Å². The number of nitrogens with zero attached hydrogens (tertiary/aromatic N) is 2. The number of hydrogen-bond donors (Lipinski definition) is 1. The van der Waals surface area contributed by atoms with Crippen molar-refractivity contribution < 1.29 is 9.90 Å². The summed E-state index contributed by atoms with van der Waals surface area (Å²) in [6, 6.07) is 0. The van der Waals surface area contributed by atoms with Gasteiger partial charge in [-0.3, -0.25) is 0 Å². The molecule has 76 valence electrons. The third-order valence-corrected chi connectivity index (χ3v) is 2.95. The van der Waals surface area contributed by atoms with Crippen LogP contribution in [-0.4, -0.2) is 20.6 Å². The van der Waals surface area contributed by atoms with E-state index in [1.165, 1.54) is 0 Å². The zero-order valence-electron chi connectivity index (χ0n) is 7.83. The van der Waals surface area contributed by atoms with Crippen molar-refractivity contribution in [2.45, 2.75) is 26.3 Å². The summed E-state index contributed by atoms with van der Waals surface area (Å²) in [4.78, 5) is 14.8. The predicted molar refractivity (Wildman–Crippen MR) is 51.7 cm³/mol. The molecule has 1 aromatic heterocycles. The maximum Gasteiger partial charge on any atom is 0.357 e. The molecule has 4 nitrogen and oxygen atoms in total. The molecule has 0 saturated heterocycles. The monoisotopic (exact) mass is 214 g/mol. The van der Waals surface area contributed by atoms with Crippen molar-refractivity contribution in [1.82, 2.24) is 9.55 Å². The van der Waals surface area contributed by atoms with E-state index < -0.39 is 5.97 Å². The highest BCUT2D eigenvalue weighted by Gasteiger charge is 2.24. The Labute approximate surface area is 86.5 Å². The molecule has 1 atom stereocenters. The second-order valence-corrected chi connectivity index (χ2v) is 4.08. The Morgan fingerprint density at radius 2 is 2.43 bits per heavy atom. The molecule has 0 aromatic carbocycles. The maximum absolute atomic E-state index is 10.8. The van der Waals surface area contributed by atoms with Gasteiger partial charge < -0.3 is 9.67 Å². The minimum atomic E-state index is -1.05. The molecule has 1 aliphatic heterocycles. The zero-order chi connectivity index (χ0) is 10.3. The summed E-state index contributed by atoms with van der Waals surface area (Å²) in [5, 5.41) is 9.08. The fourth-order valence-electron chi connectivity index (χ4n) is 1.76. The molecule has 0 fully saturated rings. The van der Waals surface area contributed by atoms with E-state index in [4.69, 9.17) is 16.7 Å². The third-order valence-electron chi connectivity index (χ3n) is 2.56. The standard InChI is InChI=1S/C9H11ClN2O2/c1-5-2-3-12-6(4-5)11-7(8(12)10)9(13)14/h5H,2-4H2,1H3,(H,13,14)/t5-/m0/s1. The summed E-state index contributed by atoms with van der Waals surface area (Å²) in [5.41, 5.74) is -0.0178. The van der Waals surface area contributed by atoms with Crippen LogP contribution >= 0.6 is 11.6 Å². The second kappa shape index (κ2) is 3.28. The Balaban J connectivity index is 2.45. The average molecular weight is 215 g/mol. The number of fused-ring (bicyclic) bond motifs is 1. The Hall–Kier alpha value is -1.03. The zero-order valence-corrected chi connectivity index (χ0v) is 8.58. The van der Waals surface area contributed by atoms with Crippen LogP contribution in [0.25, 0.3) is 0 Å². The van der Waals surface area contributed by atoms with Gasteiger partial charge in [-0.25, -0.2) is 9.78 Å². The number of carboxylic acid groups (broad SMARTS) is 1. The van der Waals surface area contributed by atoms with Gasteiger partial charge in [0.15, 0.2) is 5.69 Å². The quantitative estimate of drug-likeness (QED) is 0.776. The number of aromatic nitrogens is 2. The molecule has 14 heavy (non-hydrogen) atoms. The lowest BCUT2D eigenvalue weighted by Crippen LogP contribution is -2.17. The minimum Gasteiger partial charge on any atom is -0.476 e. The number of carboxylic acids is 1. The van der Waals surface area contributed by atoms with Gasteiger partial charge in [-0.2, -0.15) is 0 Å². The number of imidazole rings is 1. The molecule has 0 aliphatic carbocycles. The van der Waals surface area contributed by atoms with Crippen molar-refractivity contribution in [1.29, 1.82) is 0 Å². The first-order chi connectivity index (χ1) is 6.59. The Kier molecular flexibility index (Phi) is 2.23. The van der Waals surface area contributed by atoms with Crippen molar-refractivity contribution in [3.05, 3.63) is 16.7 Å². The molecule has 0 amide bonds. The fraction of sp³-hybridized carbons (Fsp3) is 0.556. The van der Waals surface area contributed by atoms with Gasteiger partial charge in [0.1, 0.15) is 11.0 Å². The van der Waals surface area contributed by atoms with E-state index in [-0.39, 0.29) is 10.8 Å². The summed E-state index contributed by atoms with van der Waals surface area (Å²) in [6.07, 6.45) is 1.84. The van der Waals surface area contributed by atoms with Gasteiger partial charge in [0.05, 0.1) is 0 Å². The first-order valence-electron chi connectivity index (χ1n) is 4.57. The average Bonchev–Trinajstić information content (AvgIpc) is 2.43. The molecule has 0 bridgehead atoms. The molecule has 2 rings (SSSR count). The number of carbonyl (C=O) groups is 1. The highest BCUT2D eigenvalue weighted by atomic mass is 35.5. The van der Waals surface area contributed by atoms with Crippen molar-refractivity contribution in [2.75, 3.05) is 0 Å². The van der Waals surface area contributed by atoms with Gasteiger partial charge >= 0.3 is 5.97 Å². The predicted octanol–water partition coefficient (Wildman–Crippen LogP) is 1.82. The van der Waals surface area contributed by atoms with Crippen LogP contribution in [-0.2, 0) is 13.0 Å². The molecule has 0 unspecified atom stereocenters. The second-order valence-electron chi connectivity index (χ2n) is 3.72. The Bertz CT molecular complexity index is 386. The van der Waals surface area contributed by atoms with Crippen LogP contribution in [0.2, 0.25) is 5.15 Å². The van der Waals surface area contributed by atoms with Crippen LogP contribution < -0.4 is 0 Å². The van der Waals surface area contributed by atoms with Crippen LogP contribution in [0.15, 0.2) is 0 Å². The molecule has 5 heteroatoms. The molecule has 1 aliphatic rings. The lowest BCUT2D eigenvalue weighted by molar-refractivity contribution is 0.0691. The lowest BCUT2D eigenvalue weighted by Gasteiger charge is -2.19. The first-order valence-corrected chi connectivity index (χ1v) is 4.95. The van der Waals surface area contributed by atoms with E-state index in [1.807, 2.05) is 0 Å². The summed E-state index contributed by atoms with van der Waals surface area (Å²) in [7, 11) is 0. The van der Waals surface area contributed by atoms with E-state index in [2.05, 4.69) is 11.9 Å². The molecule has 0 spiro atoms. The fourth-order valence-corrected chi connectivity index (χ4v) is 2.06. The van der Waals surface area contributed by atoms with Gasteiger partial charge in [0, 0.05) is 13.0 Å². The molecule has 0 saturated carbocycles. The van der Waals surface area contributed by atoms with Gasteiger partial charge in [-0.05, 0) is 12.3 Å². The van der Waals surface area contributed by atoms with E-state index in [9.17, 15) is 4.79 Å². The number of halogens is 1. The Morgan fingerprint density at radius 3 is 3.07 bits per heavy atom. The van der Waals surface area contributed by atoms with E-state index >= 15 is 0 Å². The molecule has 2 heterocycles. The van der Waals surface area contributed by atoms with E-state index in [0.29, 0.717) is 5.92 Å². The third kappa shape index (κ3) is 1.39. The summed E-state index contributed by atoms with van der Waals surface area (Å²) in [5.74, 6) is 0.304. The lowest BCUT2D eigenvalue weighted by atomic mass is 10.0. The van der Waals surface area contributed by atoms with Crippen LogP contribution in [0, 0.1) is 5.92 Å². The maximum atomic E-state index is 10.8. The van der Waals surface area contributed by atoms with Crippen molar-refractivity contribution in [2.24, 2.45) is 5.92 Å². The highest BCUT2D eigenvalue weighted by molar-refractivity contribution is 6.32. The first kappa shape index (κ1) is 9.52. The smallest absolute Gasteiger partial charge is 0.357 e. The summed E-state index contributed by atoms with van der Waals surface area (Å²) >= 11 is 5.90. The SMILES string of the molecule is C[C@H]1CCn2c(nc(C(=O)O)c2Cl)C1. The van der Waals surface area contributed by atoms with Crippen molar-refractivity contribution in [3.8, 4) is 0 Å². The molecular weight excluding hydrogens is 204 g/mol. The van der Waals surface area contributed by atoms with Crippen LogP contribution in [0.4, 0.5) is 0 Å². The van der Waals surface area contributed by atoms with E-state index in [0.717, 1.165) is 25.2 Å². The summed E-state index contributed by atoms with van der Waals surface area (Å²) < 4.78 is 1.80. The highest BCUT2D eigenvalue weighted by Crippen LogP contribution is 2.26. The van der Waals surface area contributed by atoms with Crippen LogP contribution in [0.3, 0.4) is 0 Å². The van der Waals surface area contributed by atoms with Crippen LogP contribution in [0.5, 0.6) is 0 Å². The van der Waals surface area contributed by atoms with Gasteiger partial charge in [-0.15, -0.1) is 0 Å². The van der Waals surface area contributed by atoms with Gasteiger partial charge in [0.2, 0.25) is 0 Å². The minimum absolute atomic E-state index is 0.0178. The summed E-state index contributed by atoms with van der Waals surface area (Å²) in [6.45, 7) is 2.90.